The molecular formula is C58H54Br2F8N2O3. The van der Waals surface area contributed by atoms with Crippen LogP contribution >= 0.6 is 31.9 Å². The van der Waals surface area contributed by atoms with Gasteiger partial charge in [-0.15, -0.1) is 13.2 Å². The van der Waals surface area contributed by atoms with E-state index in [1.807, 2.05) is 28.2 Å². The van der Waals surface area contributed by atoms with Crippen molar-refractivity contribution in [2.75, 3.05) is 0 Å². The summed E-state index contributed by atoms with van der Waals surface area (Å²) < 4.78 is 116. The van der Waals surface area contributed by atoms with Gasteiger partial charge >= 0.3 is 12.3 Å². The molecule has 384 valence electrons. The Kier molecular flexibility index (Phi) is 19.7. The van der Waals surface area contributed by atoms with Crippen LogP contribution in [0.4, 0.5) is 35.1 Å². The minimum Gasteiger partial charge on any atom is -0.423 e. The first-order valence-corrected chi connectivity index (χ1v) is 26.4. The quantitative estimate of drug-likeness (QED) is 0.0386. The maximum atomic E-state index is 14.5. The van der Waals surface area contributed by atoms with E-state index in [2.05, 4.69) is 65.9 Å². The Hall–Kier alpha value is -5.59. The lowest BCUT2D eigenvalue weighted by atomic mass is 9.68. The molecule has 0 amide bonds. The van der Waals surface area contributed by atoms with Gasteiger partial charge in [0, 0.05) is 17.8 Å². The predicted octanol–water partition coefficient (Wildman–Crippen LogP) is 18.0. The number of allylic oxidation sites excluding steroid dienone is 4. The Bertz CT molecular complexity index is 2740. The number of ether oxygens (including phenoxy) is 2. The molecule has 15 heteroatoms. The van der Waals surface area contributed by atoms with Crippen LogP contribution in [0.25, 0.3) is 22.4 Å². The zero-order chi connectivity index (χ0) is 52.1. The van der Waals surface area contributed by atoms with Gasteiger partial charge < -0.3 is 9.47 Å². The van der Waals surface area contributed by atoms with Crippen molar-refractivity contribution in [3.8, 4) is 40.0 Å². The molecule has 8 rings (SSSR count). The second-order valence-electron chi connectivity index (χ2n) is 19.0. The summed E-state index contributed by atoms with van der Waals surface area (Å²) in [6.45, 7) is 0. The largest absolute Gasteiger partial charge is 0.573 e. The van der Waals surface area contributed by atoms with Crippen molar-refractivity contribution >= 4 is 37.8 Å². The van der Waals surface area contributed by atoms with E-state index in [1.165, 1.54) is 119 Å². The number of carbonyl (C=O) groups excluding carboxylic acids is 1. The van der Waals surface area contributed by atoms with Gasteiger partial charge in [0.2, 0.25) is 17.4 Å². The van der Waals surface area contributed by atoms with Crippen LogP contribution < -0.4 is 9.47 Å². The molecule has 0 spiro atoms. The number of aromatic nitrogens is 1. The molecule has 5 nitrogen and oxygen atoms in total. The molecule has 0 N–H and O–H groups in total. The topological polar surface area (TPSA) is 72.2 Å². The SMILES string of the molecule is Fc1c(F)c(-c2ccc(-c3ccc(CC/C=C/[C@H]4CC[C@H](/C=C/Br)CC4)cn3)cc2)c(F)c(F)c1OC(F)(F)F.N#Cc1ccc(OC(=O)c2ccc(C3CCC([C@H]4CC[C@H](/C=C/Br)CC4)CC3)cc2)cc1F. The van der Waals surface area contributed by atoms with E-state index in [0.717, 1.165) is 42.2 Å². The molecule has 3 saturated carbocycles. The zero-order valence-electron chi connectivity index (χ0n) is 39.8. The molecule has 0 unspecified atom stereocenters. The van der Waals surface area contributed by atoms with Crippen LogP contribution in [0.3, 0.4) is 0 Å². The molecule has 0 aliphatic heterocycles. The maximum Gasteiger partial charge on any atom is 0.573 e. The number of rotatable bonds is 13. The summed E-state index contributed by atoms with van der Waals surface area (Å²) in [5.41, 5.74) is 2.39. The van der Waals surface area contributed by atoms with Gasteiger partial charge in [0.05, 0.1) is 22.4 Å². The van der Waals surface area contributed by atoms with Gasteiger partial charge in [0.1, 0.15) is 17.6 Å². The Morgan fingerprint density at radius 2 is 1.22 bits per heavy atom. The number of nitriles is 1. The lowest BCUT2D eigenvalue weighted by Gasteiger charge is -2.37. The highest BCUT2D eigenvalue weighted by molar-refractivity contribution is 9.11. The standard InChI is InChI=1S/C30H25BrF7NO.C28H29BrFNO2/c31-16-15-19-7-5-18(6-8-19)3-1-2-4-20-9-14-23(39-17-20)21-10-12-22(13-11-21)24-25(32)27(34)29(28(35)26(24)33)40-30(36,37)38;29-16-15-19-1-3-20(4-2-19)21-5-7-22(8-6-21)23-9-11-24(12-10-23)28(32)33-26-14-13-25(18-31)27(30)17-26/h1,3,9-19H,2,4-8H2;9-17,19-22H,1-8H2/b3-1+,16-15+;16-15+/t18-,19-;19-,20-,21?,22?. The van der Waals surface area contributed by atoms with Crippen LogP contribution in [0.2, 0.25) is 0 Å². The number of benzene rings is 4. The number of hydrogen-bond acceptors (Lipinski definition) is 5. The molecule has 0 saturated heterocycles. The summed E-state index contributed by atoms with van der Waals surface area (Å²) in [5, 5.41) is 8.81. The van der Waals surface area contributed by atoms with E-state index < -0.39 is 52.7 Å². The molecule has 0 radical (unpaired) electrons. The second-order valence-corrected chi connectivity index (χ2v) is 20.0. The normalized spacial score (nSPS) is 21.4. The van der Waals surface area contributed by atoms with Crippen LogP contribution in [0.5, 0.6) is 11.5 Å². The van der Waals surface area contributed by atoms with Crippen molar-refractivity contribution < 1.29 is 49.4 Å². The summed E-state index contributed by atoms with van der Waals surface area (Å²) in [5.74, 6) is -7.56. The number of pyridine rings is 1. The molecule has 3 aliphatic carbocycles. The van der Waals surface area contributed by atoms with Gasteiger partial charge in [-0.2, -0.15) is 14.0 Å². The number of nitrogens with zero attached hydrogens (tertiary/aromatic N) is 2. The first-order chi connectivity index (χ1) is 35.1. The van der Waals surface area contributed by atoms with Gasteiger partial charge in [-0.25, -0.2) is 18.0 Å². The first-order valence-electron chi connectivity index (χ1n) is 24.5. The van der Waals surface area contributed by atoms with Crippen LogP contribution in [0.15, 0.2) is 119 Å². The Morgan fingerprint density at radius 1 is 0.671 bits per heavy atom. The number of carbonyl (C=O) groups is 1. The van der Waals surface area contributed by atoms with E-state index in [4.69, 9.17) is 10.00 Å². The van der Waals surface area contributed by atoms with E-state index in [0.29, 0.717) is 34.6 Å². The number of halogens is 10. The third-order valence-corrected chi connectivity index (χ3v) is 15.0. The average molecular weight is 1140 g/mol. The van der Waals surface area contributed by atoms with Crippen molar-refractivity contribution in [2.24, 2.45) is 29.6 Å². The molecule has 4 aromatic carbocycles. The highest BCUT2D eigenvalue weighted by atomic mass is 79.9. The molecular weight excluding hydrogens is 1080 g/mol. The molecule has 3 fully saturated rings. The third-order valence-electron chi connectivity index (χ3n) is 14.4. The summed E-state index contributed by atoms with van der Waals surface area (Å²) >= 11 is 6.75. The van der Waals surface area contributed by atoms with Gasteiger partial charge in [-0.3, -0.25) is 4.98 Å². The molecule has 0 atom stereocenters. The number of hydrogen-bond donors (Lipinski definition) is 0. The van der Waals surface area contributed by atoms with Crippen LogP contribution in [-0.4, -0.2) is 17.3 Å². The van der Waals surface area contributed by atoms with E-state index in [1.54, 1.807) is 30.5 Å². The van der Waals surface area contributed by atoms with Gasteiger partial charge in [0.15, 0.2) is 11.6 Å². The molecule has 3 aliphatic rings. The van der Waals surface area contributed by atoms with E-state index in [-0.39, 0.29) is 16.9 Å². The fourth-order valence-electron chi connectivity index (χ4n) is 10.3. The third kappa shape index (κ3) is 15.0. The van der Waals surface area contributed by atoms with Crippen molar-refractivity contribution in [1.29, 1.82) is 5.26 Å². The summed E-state index contributed by atoms with van der Waals surface area (Å²) in [6.07, 6.45) is 22.1. The molecule has 0 bridgehead atoms. The highest BCUT2D eigenvalue weighted by Gasteiger charge is 2.38. The van der Waals surface area contributed by atoms with Gasteiger partial charge in [-0.1, -0.05) is 98.6 Å². The van der Waals surface area contributed by atoms with Crippen LogP contribution in [0.1, 0.15) is 116 Å². The fourth-order valence-corrected chi connectivity index (χ4v) is 11.2. The smallest absolute Gasteiger partial charge is 0.423 e. The molecule has 1 aromatic heterocycles. The molecule has 5 aromatic rings. The summed E-state index contributed by atoms with van der Waals surface area (Å²) in [7, 11) is 0. The van der Waals surface area contributed by atoms with Crippen molar-refractivity contribution in [3.63, 3.8) is 0 Å². The molecule has 1 heterocycles. The van der Waals surface area contributed by atoms with E-state index >= 15 is 0 Å². The average Bonchev–Trinajstić information content (AvgIpc) is 3.40. The zero-order valence-corrected chi connectivity index (χ0v) is 43.0. The van der Waals surface area contributed by atoms with Crippen molar-refractivity contribution in [1.82, 2.24) is 4.98 Å². The van der Waals surface area contributed by atoms with E-state index in [9.17, 15) is 39.9 Å². The van der Waals surface area contributed by atoms with Gasteiger partial charge in [0.25, 0.3) is 0 Å². The minimum absolute atomic E-state index is 0.0756. The fraction of sp³-hybridized carbons (Fsp3) is 0.362. The van der Waals surface area contributed by atoms with Gasteiger partial charge in [-0.05, 0) is 182 Å². The number of esters is 1. The lowest BCUT2D eigenvalue weighted by Crippen LogP contribution is -2.25. The number of alkyl halides is 3. The maximum absolute atomic E-state index is 14.5. The molecule has 73 heavy (non-hydrogen) atoms. The lowest BCUT2D eigenvalue weighted by molar-refractivity contribution is -0.276. The number of aryl methyl sites for hydroxylation is 1. The van der Waals surface area contributed by atoms with Crippen molar-refractivity contribution in [3.05, 3.63) is 171 Å². The predicted molar refractivity (Wildman–Crippen MR) is 273 cm³/mol. The summed E-state index contributed by atoms with van der Waals surface area (Å²) in [4.78, 5) is 20.8. The summed E-state index contributed by atoms with van der Waals surface area (Å²) in [6, 6.07) is 22.2. The highest BCUT2D eigenvalue weighted by Crippen LogP contribution is 2.45. The second kappa shape index (κ2) is 26.1. The van der Waals surface area contributed by atoms with Crippen LogP contribution in [0, 0.1) is 70.0 Å². The Labute approximate surface area is 437 Å². The minimum atomic E-state index is -5.53. The Morgan fingerprint density at radius 3 is 1.74 bits per heavy atom. The van der Waals surface area contributed by atoms with Crippen molar-refractivity contribution in [2.45, 2.75) is 102 Å². The first kappa shape index (κ1) is 55.2. The monoisotopic (exact) mass is 1140 g/mol. The van der Waals surface area contributed by atoms with Crippen LogP contribution in [-0.2, 0) is 6.42 Å². The Balaban J connectivity index is 0.000000218.